The van der Waals surface area contributed by atoms with E-state index >= 15 is 0 Å². The predicted octanol–water partition coefficient (Wildman–Crippen LogP) is 5.56. The summed E-state index contributed by atoms with van der Waals surface area (Å²) < 4.78 is 21.4. The van der Waals surface area contributed by atoms with Gasteiger partial charge in [0.1, 0.15) is 46.6 Å². The van der Waals surface area contributed by atoms with Crippen molar-refractivity contribution in [3.8, 4) is 22.3 Å². The molecule has 2 aromatic carbocycles. The third-order valence-corrected chi connectivity index (χ3v) is 9.30. The minimum absolute atomic E-state index is 0.0677. The van der Waals surface area contributed by atoms with Crippen LogP contribution < -0.4 is 22.5 Å². The first-order chi connectivity index (χ1) is 23.9. The number of oxazole rings is 2. The van der Waals surface area contributed by atoms with Crippen molar-refractivity contribution in [2.24, 2.45) is 0 Å². The summed E-state index contributed by atoms with van der Waals surface area (Å²) in [5.74, 6) is 0.830. The molecular weight excluding hydrogens is 624 g/mol. The summed E-state index contributed by atoms with van der Waals surface area (Å²) in [4.78, 5) is 26.8. The van der Waals surface area contributed by atoms with Crippen LogP contribution in [0.5, 0.6) is 0 Å². The fraction of sp³-hybridized carbons (Fsp3) is 0.235. The van der Waals surface area contributed by atoms with Crippen LogP contribution in [-0.4, -0.2) is 58.8 Å². The quantitative estimate of drug-likeness (QED) is 0.165. The maximum absolute atomic E-state index is 6.41. The first-order valence-electron chi connectivity index (χ1n) is 16.0. The number of ether oxygens (including phenoxy) is 1. The van der Waals surface area contributed by atoms with Crippen LogP contribution in [-0.2, 0) is 4.74 Å². The molecule has 246 valence electrons. The summed E-state index contributed by atoms with van der Waals surface area (Å²) in [7, 11) is 0. The Morgan fingerprint density at radius 2 is 1.43 bits per heavy atom. The highest BCUT2D eigenvalue weighted by Gasteiger charge is 2.23. The van der Waals surface area contributed by atoms with Gasteiger partial charge in [0.25, 0.3) is 12.0 Å². The van der Waals surface area contributed by atoms with E-state index < -0.39 is 0 Å². The molecule has 1 saturated heterocycles. The predicted molar refractivity (Wildman–Crippen MR) is 187 cm³/mol. The fourth-order valence-corrected chi connectivity index (χ4v) is 6.85. The zero-order valence-electron chi connectivity index (χ0n) is 26.5. The molecule has 0 radical (unpaired) electrons. The smallest absolute Gasteiger partial charge is 0.295 e. The van der Waals surface area contributed by atoms with Gasteiger partial charge in [-0.15, -0.1) is 0 Å². The van der Waals surface area contributed by atoms with Gasteiger partial charge in [-0.2, -0.15) is 9.97 Å². The molecule has 15 heteroatoms. The van der Waals surface area contributed by atoms with Gasteiger partial charge in [-0.1, -0.05) is 12.1 Å². The lowest BCUT2D eigenvalue weighted by molar-refractivity contribution is 0.0706. The van der Waals surface area contributed by atoms with Crippen LogP contribution in [0.3, 0.4) is 0 Å². The molecule has 1 atom stereocenters. The number of rotatable bonds is 7. The van der Waals surface area contributed by atoms with Crippen molar-refractivity contribution in [2.45, 2.75) is 31.8 Å². The van der Waals surface area contributed by atoms with Crippen molar-refractivity contribution in [3.63, 3.8) is 0 Å². The van der Waals surface area contributed by atoms with Gasteiger partial charge >= 0.3 is 0 Å². The second-order valence-corrected chi connectivity index (χ2v) is 12.3. The van der Waals surface area contributed by atoms with Gasteiger partial charge in [0, 0.05) is 55.4 Å². The average molecular weight is 657 g/mol. The molecule has 0 saturated carbocycles. The normalized spacial score (nSPS) is 14.8. The maximum Gasteiger partial charge on any atom is 0.295 e. The standard InChI is InChI=1S/C34H32N12O3/c1-17(45-13-21(27-29(35)39-15-41-31(27)45)18-2-4-25-23(10-18)43-33(37)48-25)12-38-34-44-24-11-19(3-5-26(24)49-34)22-14-46(20-6-8-47-9-7-20)32-28(22)30(36)40-16-42-32/h2-5,10-11,13-17,20H,6-9,12H2,1H3,(H2,37,43)(H,38,44)(H2,35,39,41)(H2,36,40,42). The Hall–Kier alpha value is -6.22. The summed E-state index contributed by atoms with van der Waals surface area (Å²) in [5, 5.41) is 4.95. The molecular formula is C34H32N12O3. The number of anilines is 4. The van der Waals surface area contributed by atoms with Crippen molar-refractivity contribution >= 4 is 67.9 Å². The molecule has 7 heterocycles. The fourth-order valence-electron chi connectivity index (χ4n) is 6.85. The van der Waals surface area contributed by atoms with Gasteiger partial charge in [-0.05, 0) is 55.2 Å². The number of nitrogens with one attached hydrogen (secondary N) is 1. The first kappa shape index (κ1) is 29.0. The van der Waals surface area contributed by atoms with Crippen LogP contribution in [0.2, 0.25) is 0 Å². The molecule has 9 rings (SSSR count). The van der Waals surface area contributed by atoms with E-state index in [2.05, 4.69) is 52.5 Å². The molecule has 6 aromatic heterocycles. The van der Waals surface area contributed by atoms with Gasteiger partial charge in [-0.3, -0.25) is 0 Å². The number of aromatic nitrogens is 8. The molecule has 1 unspecified atom stereocenters. The number of nitrogens with two attached hydrogens (primary N) is 3. The van der Waals surface area contributed by atoms with Crippen LogP contribution >= 0.6 is 0 Å². The lowest BCUT2D eigenvalue weighted by atomic mass is 10.1. The number of fused-ring (bicyclic) bond motifs is 4. The minimum atomic E-state index is -0.0677. The molecule has 15 nitrogen and oxygen atoms in total. The second-order valence-electron chi connectivity index (χ2n) is 12.3. The van der Waals surface area contributed by atoms with E-state index in [1.54, 1.807) is 0 Å². The van der Waals surface area contributed by atoms with Crippen molar-refractivity contribution in [1.82, 2.24) is 39.0 Å². The molecule has 8 aromatic rings. The van der Waals surface area contributed by atoms with Crippen molar-refractivity contribution in [3.05, 3.63) is 61.4 Å². The van der Waals surface area contributed by atoms with Gasteiger partial charge in [0.05, 0.1) is 10.8 Å². The Bertz CT molecular complexity index is 2520. The van der Waals surface area contributed by atoms with E-state index in [1.165, 1.54) is 12.7 Å². The van der Waals surface area contributed by atoms with E-state index in [1.807, 2.05) is 42.6 Å². The number of benzene rings is 2. The highest BCUT2D eigenvalue weighted by Crippen LogP contribution is 2.38. The Balaban J connectivity index is 1.01. The lowest BCUT2D eigenvalue weighted by Crippen LogP contribution is -2.19. The van der Waals surface area contributed by atoms with E-state index in [-0.39, 0.29) is 18.1 Å². The first-order valence-corrected chi connectivity index (χ1v) is 16.0. The van der Waals surface area contributed by atoms with Crippen LogP contribution in [0.4, 0.5) is 23.7 Å². The molecule has 49 heavy (non-hydrogen) atoms. The monoisotopic (exact) mass is 656 g/mol. The Morgan fingerprint density at radius 3 is 2.16 bits per heavy atom. The highest BCUT2D eigenvalue weighted by atomic mass is 16.5. The average Bonchev–Trinajstić information content (AvgIpc) is 3.89. The van der Waals surface area contributed by atoms with E-state index in [9.17, 15) is 0 Å². The second kappa shape index (κ2) is 11.2. The van der Waals surface area contributed by atoms with E-state index in [0.29, 0.717) is 52.0 Å². The van der Waals surface area contributed by atoms with Gasteiger partial charge < -0.3 is 45.2 Å². The Morgan fingerprint density at radius 1 is 0.796 bits per heavy atom. The molecule has 1 fully saturated rings. The van der Waals surface area contributed by atoms with Crippen molar-refractivity contribution < 1.29 is 13.6 Å². The Kier molecular flexibility index (Phi) is 6.62. The zero-order valence-corrected chi connectivity index (χ0v) is 26.5. The summed E-state index contributed by atoms with van der Waals surface area (Å²) in [5.41, 5.74) is 26.4. The SMILES string of the molecule is CC(CNc1nc2cc(-c3cn(C4CCOCC4)c4ncnc(N)c34)ccc2o1)n1cc(-c2ccc3oc(N)nc3c2)c2c(N)ncnc21. The number of hydrogen-bond donors (Lipinski definition) is 4. The van der Waals surface area contributed by atoms with Crippen molar-refractivity contribution in [2.75, 3.05) is 42.3 Å². The van der Waals surface area contributed by atoms with E-state index in [0.717, 1.165) is 64.7 Å². The minimum Gasteiger partial charge on any atom is -0.424 e. The van der Waals surface area contributed by atoms with Gasteiger partial charge in [0.2, 0.25) is 0 Å². The molecule has 0 spiro atoms. The highest BCUT2D eigenvalue weighted by molar-refractivity contribution is 6.03. The topological polar surface area (TPSA) is 213 Å². The zero-order chi connectivity index (χ0) is 33.2. The molecule has 0 aliphatic carbocycles. The molecule has 1 aliphatic rings. The molecule has 7 N–H and O–H groups in total. The van der Waals surface area contributed by atoms with Crippen LogP contribution in [0, 0.1) is 0 Å². The molecule has 0 amide bonds. The molecule has 1 aliphatic heterocycles. The summed E-state index contributed by atoms with van der Waals surface area (Å²) >= 11 is 0. The third kappa shape index (κ3) is 4.85. The maximum atomic E-state index is 6.41. The number of hydrogen-bond acceptors (Lipinski definition) is 13. The number of nitrogens with zero attached hydrogens (tertiary/aromatic N) is 8. The summed E-state index contributed by atoms with van der Waals surface area (Å²) in [6.45, 7) is 4.02. The third-order valence-electron chi connectivity index (χ3n) is 9.30. The van der Waals surface area contributed by atoms with Gasteiger partial charge in [-0.25, -0.2) is 19.9 Å². The lowest BCUT2D eigenvalue weighted by Gasteiger charge is -2.24. The number of nitrogen functional groups attached to an aromatic ring is 3. The Labute approximate surface area is 278 Å². The molecule has 0 bridgehead atoms. The summed E-state index contributed by atoms with van der Waals surface area (Å²) in [6, 6.07) is 12.4. The van der Waals surface area contributed by atoms with Gasteiger partial charge in [0.15, 0.2) is 11.2 Å². The van der Waals surface area contributed by atoms with E-state index in [4.69, 9.17) is 35.8 Å². The van der Waals surface area contributed by atoms with Crippen molar-refractivity contribution in [1.29, 1.82) is 0 Å². The van der Waals surface area contributed by atoms with Crippen LogP contribution in [0.15, 0.2) is 70.3 Å². The largest absolute Gasteiger partial charge is 0.424 e. The van der Waals surface area contributed by atoms with Crippen LogP contribution in [0.1, 0.15) is 31.8 Å². The summed E-state index contributed by atoms with van der Waals surface area (Å²) in [6.07, 6.45) is 8.97. The van der Waals surface area contributed by atoms with Crippen LogP contribution in [0.25, 0.3) is 66.5 Å².